The van der Waals surface area contributed by atoms with Crippen LogP contribution in [0.15, 0.2) is 28.9 Å². The first-order chi connectivity index (χ1) is 9.69. The lowest BCUT2D eigenvalue weighted by Gasteiger charge is -2.06. The van der Waals surface area contributed by atoms with Gasteiger partial charge in [-0.25, -0.2) is 0 Å². The SMILES string of the molecule is CCCNc1ccnc(C(=O)NCc2cc(C)no2)c1. The molecular formula is C14H18N4O2. The summed E-state index contributed by atoms with van der Waals surface area (Å²) in [5.74, 6) is 0.385. The molecule has 0 aliphatic rings. The van der Waals surface area contributed by atoms with Crippen molar-refractivity contribution in [3.8, 4) is 0 Å². The Morgan fingerprint density at radius 2 is 2.25 bits per heavy atom. The zero-order chi connectivity index (χ0) is 14.4. The summed E-state index contributed by atoms with van der Waals surface area (Å²) in [6.45, 7) is 5.08. The molecule has 0 bridgehead atoms. The Labute approximate surface area is 117 Å². The average Bonchev–Trinajstić information content (AvgIpc) is 2.88. The zero-order valence-corrected chi connectivity index (χ0v) is 11.6. The van der Waals surface area contributed by atoms with Gasteiger partial charge in [-0.2, -0.15) is 0 Å². The minimum absolute atomic E-state index is 0.237. The number of hydrogen-bond donors (Lipinski definition) is 2. The second kappa shape index (κ2) is 6.70. The topological polar surface area (TPSA) is 80.0 Å². The number of anilines is 1. The van der Waals surface area contributed by atoms with Crippen molar-refractivity contribution >= 4 is 11.6 Å². The maximum atomic E-state index is 12.0. The van der Waals surface area contributed by atoms with Crippen LogP contribution < -0.4 is 10.6 Å². The predicted molar refractivity (Wildman–Crippen MR) is 75.4 cm³/mol. The Kier molecular flexibility index (Phi) is 4.70. The molecule has 0 aromatic carbocycles. The van der Waals surface area contributed by atoms with E-state index in [4.69, 9.17) is 4.52 Å². The Morgan fingerprint density at radius 1 is 1.40 bits per heavy atom. The number of carbonyl (C=O) groups is 1. The highest BCUT2D eigenvalue weighted by molar-refractivity contribution is 5.92. The first kappa shape index (κ1) is 14.0. The van der Waals surface area contributed by atoms with Gasteiger partial charge in [-0.1, -0.05) is 12.1 Å². The monoisotopic (exact) mass is 274 g/mol. The number of rotatable bonds is 6. The number of hydrogen-bond acceptors (Lipinski definition) is 5. The molecule has 106 valence electrons. The minimum Gasteiger partial charge on any atom is -0.385 e. The summed E-state index contributed by atoms with van der Waals surface area (Å²) < 4.78 is 5.03. The van der Waals surface area contributed by atoms with E-state index in [-0.39, 0.29) is 5.91 Å². The standard InChI is InChI=1S/C14H18N4O2/c1-3-5-15-11-4-6-16-13(8-11)14(19)17-9-12-7-10(2)18-20-12/h4,6-8H,3,5,9H2,1-2H3,(H,15,16)(H,17,19). The molecule has 0 atom stereocenters. The van der Waals surface area contributed by atoms with Crippen LogP contribution in [0, 0.1) is 6.92 Å². The van der Waals surface area contributed by atoms with E-state index >= 15 is 0 Å². The minimum atomic E-state index is -0.237. The van der Waals surface area contributed by atoms with Crippen molar-refractivity contribution in [2.75, 3.05) is 11.9 Å². The summed E-state index contributed by atoms with van der Waals surface area (Å²) >= 11 is 0. The molecule has 2 aromatic rings. The van der Waals surface area contributed by atoms with Crippen LogP contribution in [0.3, 0.4) is 0 Å². The van der Waals surface area contributed by atoms with Gasteiger partial charge in [-0.05, 0) is 25.5 Å². The molecule has 0 aliphatic heterocycles. The predicted octanol–water partition coefficient (Wildman–Crippen LogP) is 2.13. The van der Waals surface area contributed by atoms with Gasteiger partial charge < -0.3 is 15.2 Å². The Hall–Kier alpha value is -2.37. The molecule has 1 amide bonds. The molecule has 0 saturated heterocycles. The zero-order valence-electron chi connectivity index (χ0n) is 11.6. The number of nitrogens with zero attached hydrogens (tertiary/aromatic N) is 2. The smallest absolute Gasteiger partial charge is 0.270 e. The normalized spacial score (nSPS) is 10.3. The van der Waals surface area contributed by atoms with Gasteiger partial charge in [0.2, 0.25) is 0 Å². The molecule has 0 saturated carbocycles. The lowest BCUT2D eigenvalue weighted by Crippen LogP contribution is -2.23. The van der Waals surface area contributed by atoms with Gasteiger partial charge in [0, 0.05) is 24.5 Å². The molecule has 2 N–H and O–H groups in total. The summed E-state index contributed by atoms with van der Waals surface area (Å²) in [4.78, 5) is 16.1. The number of pyridine rings is 1. The molecule has 0 spiro atoms. The maximum Gasteiger partial charge on any atom is 0.270 e. The van der Waals surface area contributed by atoms with E-state index in [1.165, 1.54) is 0 Å². The molecule has 2 heterocycles. The summed E-state index contributed by atoms with van der Waals surface area (Å²) in [6, 6.07) is 5.36. The first-order valence-electron chi connectivity index (χ1n) is 6.59. The van der Waals surface area contributed by atoms with Gasteiger partial charge in [-0.15, -0.1) is 0 Å². The van der Waals surface area contributed by atoms with Crippen LogP contribution in [0.4, 0.5) is 5.69 Å². The number of carbonyl (C=O) groups excluding carboxylic acids is 1. The van der Waals surface area contributed by atoms with Crippen molar-refractivity contribution in [2.45, 2.75) is 26.8 Å². The fourth-order valence-corrected chi connectivity index (χ4v) is 1.69. The lowest BCUT2D eigenvalue weighted by molar-refractivity contribution is 0.0942. The van der Waals surface area contributed by atoms with Gasteiger partial charge in [-0.3, -0.25) is 9.78 Å². The third-order valence-corrected chi connectivity index (χ3v) is 2.67. The van der Waals surface area contributed by atoms with Crippen LogP contribution in [0.25, 0.3) is 0 Å². The summed E-state index contributed by atoms with van der Waals surface area (Å²) in [5, 5.41) is 9.73. The van der Waals surface area contributed by atoms with Gasteiger partial charge in [0.25, 0.3) is 5.91 Å². The van der Waals surface area contributed by atoms with E-state index < -0.39 is 0 Å². The Morgan fingerprint density at radius 3 is 2.95 bits per heavy atom. The highest BCUT2D eigenvalue weighted by Crippen LogP contribution is 2.08. The molecule has 20 heavy (non-hydrogen) atoms. The molecule has 0 fully saturated rings. The van der Waals surface area contributed by atoms with E-state index in [0.29, 0.717) is 18.0 Å². The quantitative estimate of drug-likeness (QED) is 0.843. The van der Waals surface area contributed by atoms with Crippen LogP contribution in [0.2, 0.25) is 0 Å². The lowest BCUT2D eigenvalue weighted by atomic mass is 10.3. The van der Waals surface area contributed by atoms with Crippen LogP contribution >= 0.6 is 0 Å². The van der Waals surface area contributed by atoms with Crippen molar-refractivity contribution in [2.24, 2.45) is 0 Å². The highest BCUT2D eigenvalue weighted by atomic mass is 16.5. The van der Waals surface area contributed by atoms with Gasteiger partial charge in [0.05, 0.1) is 12.2 Å². The molecule has 0 unspecified atom stereocenters. The van der Waals surface area contributed by atoms with Crippen molar-refractivity contribution in [3.63, 3.8) is 0 Å². The molecule has 2 rings (SSSR count). The molecular weight excluding hydrogens is 256 g/mol. The van der Waals surface area contributed by atoms with Crippen molar-refractivity contribution in [1.82, 2.24) is 15.5 Å². The van der Waals surface area contributed by atoms with Crippen molar-refractivity contribution in [1.29, 1.82) is 0 Å². The second-order valence-corrected chi connectivity index (χ2v) is 4.47. The summed E-state index contributed by atoms with van der Waals surface area (Å²) in [6.07, 6.45) is 2.64. The second-order valence-electron chi connectivity index (χ2n) is 4.47. The van der Waals surface area contributed by atoms with E-state index in [2.05, 4.69) is 27.7 Å². The first-order valence-corrected chi connectivity index (χ1v) is 6.59. The third kappa shape index (κ3) is 3.81. The largest absolute Gasteiger partial charge is 0.385 e. The number of nitrogens with one attached hydrogen (secondary N) is 2. The third-order valence-electron chi connectivity index (χ3n) is 2.67. The fourth-order valence-electron chi connectivity index (χ4n) is 1.69. The Balaban J connectivity index is 1.94. The van der Waals surface area contributed by atoms with E-state index in [1.54, 1.807) is 18.3 Å². The maximum absolute atomic E-state index is 12.0. The van der Waals surface area contributed by atoms with Crippen LogP contribution in [0.5, 0.6) is 0 Å². The van der Waals surface area contributed by atoms with Crippen LogP contribution in [-0.2, 0) is 6.54 Å². The van der Waals surface area contributed by atoms with E-state index in [1.807, 2.05) is 13.0 Å². The summed E-state index contributed by atoms with van der Waals surface area (Å²) in [7, 11) is 0. The van der Waals surface area contributed by atoms with Gasteiger partial charge in [0.1, 0.15) is 5.69 Å². The Bertz CT molecular complexity index is 580. The van der Waals surface area contributed by atoms with E-state index in [0.717, 1.165) is 24.3 Å². The fraction of sp³-hybridized carbons (Fsp3) is 0.357. The van der Waals surface area contributed by atoms with Crippen LogP contribution in [0.1, 0.15) is 35.3 Å². The van der Waals surface area contributed by atoms with Crippen molar-refractivity contribution in [3.05, 3.63) is 41.5 Å². The number of amides is 1. The number of aryl methyl sites for hydroxylation is 1. The summed E-state index contributed by atoms with van der Waals surface area (Å²) in [5.41, 5.74) is 2.06. The molecule has 2 aromatic heterocycles. The molecule has 0 aliphatic carbocycles. The number of aromatic nitrogens is 2. The molecule has 6 heteroatoms. The van der Waals surface area contributed by atoms with Crippen LogP contribution in [-0.4, -0.2) is 22.6 Å². The highest BCUT2D eigenvalue weighted by Gasteiger charge is 2.09. The average molecular weight is 274 g/mol. The van der Waals surface area contributed by atoms with Crippen molar-refractivity contribution < 1.29 is 9.32 Å². The van der Waals surface area contributed by atoms with Gasteiger partial charge >= 0.3 is 0 Å². The molecule has 0 radical (unpaired) electrons. The van der Waals surface area contributed by atoms with E-state index in [9.17, 15) is 4.79 Å². The van der Waals surface area contributed by atoms with Gasteiger partial charge in [0.15, 0.2) is 5.76 Å². The molecule has 6 nitrogen and oxygen atoms in total.